The maximum Gasteiger partial charge on any atom is 0.274 e. The van der Waals surface area contributed by atoms with Crippen LogP contribution in [-0.4, -0.2) is 39.0 Å². The molecule has 2 heterocycles. The number of nitrogens with one attached hydrogen (secondary N) is 1. The topological polar surface area (TPSA) is 68.5 Å². The first-order valence-electron chi connectivity index (χ1n) is 10.3. The van der Waals surface area contributed by atoms with Gasteiger partial charge in [0.1, 0.15) is 6.33 Å². The largest absolute Gasteiger partial charge is 0.378 e. The van der Waals surface area contributed by atoms with Crippen LogP contribution >= 0.6 is 0 Å². The second-order valence-corrected chi connectivity index (χ2v) is 8.24. The molecule has 27 heavy (non-hydrogen) atoms. The van der Waals surface area contributed by atoms with Crippen molar-refractivity contribution >= 4 is 11.6 Å². The summed E-state index contributed by atoms with van der Waals surface area (Å²) in [6.07, 6.45) is 8.85. The molecule has 2 fully saturated rings. The van der Waals surface area contributed by atoms with Crippen molar-refractivity contribution in [1.82, 2.24) is 19.7 Å². The third-order valence-corrected chi connectivity index (χ3v) is 6.24. The summed E-state index contributed by atoms with van der Waals surface area (Å²) in [7, 11) is 0. The van der Waals surface area contributed by atoms with Crippen LogP contribution in [0.5, 0.6) is 0 Å². The molecule has 1 N–H and O–H groups in total. The predicted octanol–water partition coefficient (Wildman–Crippen LogP) is 3.45. The summed E-state index contributed by atoms with van der Waals surface area (Å²) >= 11 is 0. The lowest BCUT2D eigenvalue weighted by molar-refractivity contribution is -0.00121. The smallest absolute Gasteiger partial charge is 0.274 e. The number of aromatic nitrogens is 3. The number of nitrogens with zero attached hydrogens (tertiary/aromatic N) is 3. The van der Waals surface area contributed by atoms with Gasteiger partial charge in [-0.05, 0) is 63.9 Å². The summed E-state index contributed by atoms with van der Waals surface area (Å²) in [5.74, 6) is 0.941. The highest BCUT2D eigenvalue weighted by Gasteiger charge is 2.44. The van der Waals surface area contributed by atoms with E-state index in [4.69, 9.17) is 4.74 Å². The van der Waals surface area contributed by atoms with Gasteiger partial charge in [-0.15, -0.1) is 0 Å². The molecule has 2 unspecified atom stereocenters. The van der Waals surface area contributed by atoms with Gasteiger partial charge in [0.05, 0.1) is 6.10 Å². The molecular weight excluding hydrogens is 340 g/mol. The van der Waals surface area contributed by atoms with E-state index in [0.717, 1.165) is 37.3 Å². The van der Waals surface area contributed by atoms with Gasteiger partial charge in [-0.2, -0.15) is 0 Å². The monoisotopic (exact) mass is 370 g/mol. The number of imidazole rings is 1. The first-order valence-corrected chi connectivity index (χ1v) is 10.3. The lowest BCUT2D eigenvalue weighted by Gasteiger charge is -2.35. The average molecular weight is 370 g/mol. The molecule has 0 radical (unpaired) electrons. The number of carbonyl (C=O) groups is 1. The highest BCUT2D eigenvalue weighted by atomic mass is 16.5. The third-order valence-electron chi connectivity index (χ3n) is 6.24. The standard InChI is InChI=1S/C21H30N4O2/c1-4-5-8-27-17-10-15-6-7-16(11-17)18(15)24-21(26)19-20-23-13(2)9-14(3)25(20)12-22-19/h9,12,15-18H,4-8,10-11H2,1-3H3,(H,24,26). The minimum atomic E-state index is -0.0951. The van der Waals surface area contributed by atoms with Gasteiger partial charge in [-0.3, -0.25) is 9.20 Å². The third kappa shape index (κ3) is 3.59. The lowest BCUT2D eigenvalue weighted by atomic mass is 9.82. The van der Waals surface area contributed by atoms with Gasteiger partial charge in [-0.1, -0.05) is 13.3 Å². The van der Waals surface area contributed by atoms with Crippen molar-refractivity contribution in [3.05, 3.63) is 29.5 Å². The van der Waals surface area contributed by atoms with Gasteiger partial charge in [0.25, 0.3) is 5.91 Å². The first kappa shape index (κ1) is 18.4. The molecule has 2 saturated carbocycles. The van der Waals surface area contributed by atoms with E-state index >= 15 is 0 Å². The Kier molecular flexibility index (Phi) is 5.17. The van der Waals surface area contributed by atoms with Crippen LogP contribution in [0.2, 0.25) is 0 Å². The van der Waals surface area contributed by atoms with Crippen LogP contribution < -0.4 is 5.32 Å². The number of rotatable bonds is 6. The molecule has 6 heteroatoms. The Morgan fingerprint density at radius 3 is 2.74 bits per heavy atom. The van der Waals surface area contributed by atoms with E-state index in [1.807, 2.05) is 24.3 Å². The van der Waals surface area contributed by atoms with Gasteiger partial charge >= 0.3 is 0 Å². The molecule has 2 aromatic rings. The Labute approximate surface area is 160 Å². The molecule has 4 rings (SSSR count). The predicted molar refractivity (Wildman–Crippen MR) is 104 cm³/mol. The van der Waals surface area contributed by atoms with Crippen molar-refractivity contribution in [2.45, 2.75) is 71.4 Å². The SMILES string of the molecule is CCCCOC1CC2CCC(C1)C2NC(=O)c1ncn2c(C)cc(C)nc12. The van der Waals surface area contributed by atoms with Crippen molar-refractivity contribution in [3.8, 4) is 0 Å². The average Bonchev–Trinajstić information content (AvgIpc) is 3.14. The number of amides is 1. The second-order valence-electron chi connectivity index (χ2n) is 8.24. The summed E-state index contributed by atoms with van der Waals surface area (Å²) in [6, 6.07) is 2.24. The highest BCUT2D eigenvalue weighted by Crippen LogP contribution is 2.43. The molecule has 6 nitrogen and oxygen atoms in total. The molecule has 2 aliphatic carbocycles. The molecule has 2 aliphatic rings. The molecule has 0 spiro atoms. The minimum absolute atomic E-state index is 0.0951. The number of unbranched alkanes of at least 4 members (excludes halogenated alkanes) is 1. The Hall–Kier alpha value is -1.95. The second kappa shape index (κ2) is 7.58. The van der Waals surface area contributed by atoms with E-state index in [1.54, 1.807) is 6.33 Å². The Morgan fingerprint density at radius 1 is 1.30 bits per heavy atom. The first-order chi connectivity index (χ1) is 13.1. The maximum absolute atomic E-state index is 13.0. The van der Waals surface area contributed by atoms with E-state index in [9.17, 15) is 4.79 Å². The van der Waals surface area contributed by atoms with Crippen molar-refractivity contribution < 1.29 is 9.53 Å². The summed E-state index contributed by atoms with van der Waals surface area (Å²) in [6.45, 7) is 7.01. The number of hydrogen-bond donors (Lipinski definition) is 1. The molecule has 0 saturated heterocycles. The number of aryl methyl sites for hydroxylation is 2. The fourth-order valence-corrected chi connectivity index (χ4v) is 4.90. The number of carbonyl (C=O) groups excluding carboxylic acids is 1. The van der Waals surface area contributed by atoms with Crippen LogP contribution in [0, 0.1) is 25.7 Å². The van der Waals surface area contributed by atoms with Crippen LogP contribution in [0.3, 0.4) is 0 Å². The molecule has 2 bridgehead atoms. The fourth-order valence-electron chi connectivity index (χ4n) is 4.90. The molecule has 2 atom stereocenters. The van der Waals surface area contributed by atoms with E-state index in [-0.39, 0.29) is 11.9 Å². The molecule has 0 aliphatic heterocycles. The summed E-state index contributed by atoms with van der Waals surface area (Å²) in [5, 5.41) is 3.29. The summed E-state index contributed by atoms with van der Waals surface area (Å²) in [5.41, 5.74) is 3.02. The van der Waals surface area contributed by atoms with Crippen LogP contribution in [0.15, 0.2) is 12.4 Å². The lowest BCUT2D eigenvalue weighted by Crippen LogP contribution is -2.46. The van der Waals surface area contributed by atoms with Crippen molar-refractivity contribution in [1.29, 1.82) is 0 Å². The van der Waals surface area contributed by atoms with Gasteiger partial charge in [0.15, 0.2) is 11.3 Å². The molecule has 0 aromatic carbocycles. The quantitative estimate of drug-likeness (QED) is 0.791. The van der Waals surface area contributed by atoms with Gasteiger partial charge in [0, 0.05) is 24.0 Å². The van der Waals surface area contributed by atoms with Crippen LogP contribution in [0.25, 0.3) is 5.65 Å². The molecule has 2 aromatic heterocycles. The van der Waals surface area contributed by atoms with Crippen LogP contribution in [0.4, 0.5) is 0 Å². The van der Waals surface area contributed by atoms with Crippen molar-refractivity contribution in [2.75, 3.05) is 6.61 Å². The van der Waals surface area contributed by atoms with Gasteiger partial charge in [-0.25, -0.2) is 9.97 Å². The summed E-state index contributed by atoms with van der Waals surface area (Å²) in [4.78, 5) is 21.9. The van der Waals surface area contributed by atoms with E-state index in [1.165, 1.54) is 19.3 Å². The zero-order chi connectivity index (χ0) is 19.0. The fraction of sp³-hybridized carbons (Fsp3) is 0.667. The van der Waals surface area contributed by atoms with Crippen LogP contribution in [0.1, 0.15) is 67.3 Å². The Bertz CT molecular complexity index is 817. The zero-order valence-corrected chi connectivity index (χ0v) is 16.6. The minimum Gasteiger partial charge on any atom is -0.378 e. The normalized spacial score (nSPS) is 27.2. The van der Waals surface area contributed by atoms with Gasteiger partial charge < -0.3 is 10.1 Å². The van der Waals surface area contributed by atoms with Gasteiger partial charge in [0.2, 0.25) is 0 Å². The number of hydrogen-bond acceptors (Lipinski definition) is 4. The van der Waals surface area contributed by atoms with E-state index < -0.39 is 0 Å². The number of fused-ring (bicyclic) bond motifs is 3. The highest BCUT2D eigenvalue weighted by molar-refractivity contribution is 5.98. The Balaban J connectivity index is 1.45. The van der Waals surface area contributed by atoms with E-state index in [0.29, 0.717) is 29.3 Å². The maximum atomic E-state index is 13.0. The van der Waals surface area contributed by atoms with Crippen molar-refractivity contribution in [3.63, 3.8) is 0 Å². The van der Waals surface area contributed by atoms with Crippen molar-refractivity contribution in [2.24, 2.45) is 11.8 Å². The van der Waals surface area contributed by atoms with E-state index in [2.05, 4.69) is 22.2 Å². The molecule has 1 amide bonds. The van der Waals surface area contributed by atoms with Crippen LogP contribution in [-0.2, 0) is 4.74 Å². The number of ether oxygens (including phenoxy) is 1. The zero-order valence-electron chi connectivity index (χ0n) is 16.6. The summed E-state index contributed by atoms with van der Waals surface area (Å²) < 4.78 is 7.96. The molecular formula is C21H30N4O2. The Morgan fingerprint density at radius 2 is 2.04 bits per heavy atom. The molecule has 146 valence electrons.